The summed E-state index contributed by atoms with van der Waals surface area (Å²) in [5.41, 5.74) is 3.59. The first-order valence-electron chi connectivity index (χ1n) is 10.0. The predicted octanol–water partition coefficient (Wildman–Crippen LogP) is 4.24. The number of methoxy groups -OCH3 is 1. The number of benzene rings is 2. The van der Waals surface area contributed by atoms with Crippen molar-refractivity contribution < 1.29 is 9.47 Å². The van der Waals surface area contributed by atoms with Crippen LogP contribution in [0.3, 0.4) is 0 Å². The zero-order chi connectivity index (χ0) is 19.9. The van der Waals surface area contributed by atoms with Gasteiger partial charge in [0, 0.05) is 44.6 Å². The van der Waals surface area contributed by atoms with Crippen molar-refractivity contribution in [3.63, 3.8) is 0 Å². The van der Waals surface area contributed by atoms with Crippen molar-refractivity contribution >= 4 is 12.4 Å². The van der Waals surface area contributed by atoms with Crippen LogP contribution < -0.4 is 14.8 Å². The van der Waals surface area contributed by atoms with Gasteiger partial charge in [-0.3, -0.25) is 9.88 Å². The van der Waals surface area contributed by atoms with E-state index in [1.54, 1.807) is 7.11 Å². The lowest BCUT2D eigenvalue weighted by molar-refractivity contribution is 0.153. The molecule has 3 aromatic rings. The number of rotatable bonds is 7. The summed E-state index contributed by atoms with van der Waals surface area (Å²) in [5.74, 6) is 1.54. The Bertz CT molecular complexity index is 909. The molecule has 0 amide bonds. The fourth-order valence-electron chi connectivity index (χ4n) is 3.74. The van der Waals surface area contributed by atoms with Gasteiger partial charge in [0.2, 0.25) is 0 Å². The van der Waals surface area contributed by atoms with Crippen LogP contribution in [0.4, 0.5) is 0 Å². The molecule has 1 aromatic heterocycles. The second kappa shape index (κ2) is 11.0. The summed E-state index contributed by atoms with van der Waals surface area (Å²) < 4.78 is 11.6. The average Bonchev–Trinajstić information content (AvgIpc) is 2.79. The maximum Gasteiger partial charge on any atom is 0.161 e. The SMILES string of the molecule is COc1ccc(CN2CCNCC2c2cccnc2)cc1OCc1ccccc1.Cl. The lowest BCUT2D eigenvalue weighted by Gasteiger charge is -2.36. The first kappa shape index (κ1) is 22.1. The third-order valence-corrected chi connectivity index (χ3v) is 5.27. The van der Waals surface area contributed by atoms with Gasteiger partial charge >= 0.3 is 0 Å². The minimum atomic E-state index is 0. The number of piperazine rings is 1. The van der Waals surface area contributed by atoms with Gasteiger partial charge in [0.05, 0.1) is 7.11 Å². The minimum Gasteiger partial charge on any atom is -0.493 e. The van der Waals surface area contributed by atoms with Crippen LogP contribution in [-0.2, 0) is 13.2 Å². The van der Waals surface area contributed by atoms with Crippen molar-refractivity contribution in [1.29, 1.82) is 0 Å². The van der Waals surface area contributed by atoms with Crippen molar-refractivity contribution in [2.75, 3.05) is 26.7 Å². The van der Waals surface area contributed by atoms with Gasteiger partial charge in [-0.15, -0.1) is 12.4 Å². The molecule has 30 heavy (non-hydrogen) atoms. The predicted molar refractivity (Wildman–Crippen MR) is 121 cm³/mol. The highest BCUT2D eigenvalue weighted by atomic mass is 35.5. The lowest BCUT2D eigenvalue weighted by Crippen LogP contribution is -2.45. The Labute approximate surface area is 184 Å². The zero-order valence-electron chi connectivity index (χ0n) is 17.2. The number of pyridine rings is 1. The number of aromatic nitrogens is 1. The Kier molecular flexibility index (Phi) is 8.08. The maximum absolute atomic E-state index is 6.09. The van der Waals surface area contributed by atoms with E-state index in [4.69, 9.17) is 9.47 Å². The Balaban J connectivity index is 0.00000256. The number of hydrogen-bond acceptors (Lipinski definition) is 5. The normalized spacial score (nSPS) is 16.5. The van der Waals surface area contributed by atoms with Gasteiger partial charge in [0.15, 0.2) is 11.5 Å². The average molecular weight is 426 g/mol. The van der Waals surface area contributed by atoms with Crippen molar-refractivity contribution in [1.82, 2.24) is 15.2 Å². The highest BCUT2D eigenvalue weighted by Gasteiger charge is 2.24. The van der Waals surface area contributed by atoms with Crippen LogP contribution in [0.15, 0.2) is 73.1 Å². The number of hydrogen-bond donors (Lipinski definition) is 1. The van der Waals surface area contributed by atoms with Crippen LogP contribution in [0.2, 0.25) is 0 Å². The number of halogens is 1. The standard InChI is InChI=1S/C24H27N3O2.ClH/c1-28-23-10-9-20(14-24(23)29-18-19-6-3-2-4-7-19)17-27-13-12-26-16-22(27)21-8-5-11-25-15-21;/h2-11,14-15,22,26H,12-13,16-18H2,1H3;1H. The molecule has 1 aliphatic heterocycles. The summed E-state index contributed by atoms with van der Waals surface area (Å²) in [5, 5.41) is 3.50. The van der Waals surface area contributed by atoms with Gasteiger partial charge in [-0.1, -0.05) is 42.5 Å². The molecule has 0 spiro atoms. The quantitative estimate of drug-likeness (QED) is 0.613. The Hall–Kier alpha value is -2.60. The summed E-state index contributed by atoms with van der Waals surface area (Å²) in [6.07, 6.45) is 3.79. The molecule has 158 valence electrons. The summed E-state index contributed by atoms with van der Waals surface area (Å²) in [4.78, 5) is 6.80. The topological polar surface area (TPSA) is 46.6 Å². The van der Waals surface area contributed by atoms with E-state index in [9.17, 15) is 0 Å². The van der Waals surface area contributed by atoms with Gasteiger partial charge in [-0.05, 0) is 34.9 Å². The summed E-state index contributed by atoms with van der Waals surface area (Å²) >= 11 is 0. The van der Waals surface area contributed by atoms with Crippen LogP contribution in [0.1, 0.15) is 22.7 Å². The number of nitrogens with zero attached hydrogens (tertiary/aromatic N) is 2. The lowest BCUT2D eigenvalue weighted by atomic mass is 10.0. The fourth-order valence-corrected chi connectivity index (χ4v) is 3.74. The van der Waals surface area contributed by atoms with E-state index in [1.165, 1.54) is 11.1 Å². The summed E-state index contributed by atoms with van der Waals surface area (Å²) in [7, 11) is 1.68. The molecule has 1 saturated heterocycles. The molecule has 5 nitrogen and oxygen atoms in total. The van der Waals surface area contributed by atoms with Gasteiger partial charge < -0.3 is 14.8 Å². The molecule has 1 N–H and O–H groups in total. The molecule has 2 heterocycles. The highest BCUT2D eigenvalue weighted by Crippen LogP contribution is 2.31. The molecule has 1 fully saturated rings. The second-order valence-corrected chi connectivity index (χ2v) is 7.24. The van der Waals surface area contributed by atoms with E-state index in [2.05, 4.69) is 45.5 Å². The van der Waals surface area contributed by atoms with Crippen LogP contribution in [0.25, 0.3) is 0 Å². The molecule has 6 heteroatoms. The van der Waals surface area contributed by atoms with Gasteiger partial charge in [-0.2, -0.15) is 0 Å². The van der Waals surface area contributed by atoms with Crippen molar-refractivity contribution in [3.8, 4) is 11.5 Å². The van der Waals surface area contributed by atoms with Gasteiger partial charge in [-0.25, -0.2) is 0 Å². The van der Waals surface area contributed by atoms with Crippen LogP contribution in [0, 0.1) is 0 Å². The summed E-state index contributed by atoms with van der Waals surface area (Å²) in [6, 6.07) is 20.9. The van der Waals surface area contributed by atoms with Crippen LogP contribution in [-0.4, -0.2) is 36.6 Å². The molecule has 0 bridgehead atoms. The van der Waals surface area contributed by atoms with E-state index in [-0.39, 0.29) is 12.4 Å². The van der Waals surface area contributed by atoms with Crippen molar-refractivity contribution in [2.45, 2.75) is 19.2 Å². The monoisotopic (exact) mass is 425 g/mol. The van der Waals surface area contributed by atoms with E-state index in [1.807, 2.05) is 42.7 Å². The zero-order valence-corrected chi connectivity index (χ0v) is 18.0. The molecular weight excluding hydrogens is 398 g/mol. The molecular formula is C24H28ClN3O2. The number of nitrogens with one attached hydrogen (secondary N) is 1. The third kappa shape index (κ3) is 5.51. The molecule has 1 unspecified atom stereocenters. The van der Waals surface area contributed by atoms with E-state index >= 15 is 0 Å². The Morgan fingerprint density at radius 2 is 1.90 bits per heavy atom. The highest BCUT2D eigenvalue weighted by molar-refractivity contribution is 5.85. The van der Waals surface area contributed by atoms with E-state index in [0.717, 1.165) is 43.2 Å². The first-order chi connectivity index (χ1) is 14.3. The van der Waals surface area contributed by atoms with Crippen LogP contribution >= 0.6 is 12.4 Å². The fraction of sp³-hybridized carbons (Fsp3) is 0.292. The number of ether oxygens (including phenoxy) is 2. The van der Waals surface area contributed by atoms with Crippen molar-refractivity contribution in [3.05, 3.63) is 89.7 Å². The van der Waals surface area contributed by atoms with Crippen LogP contribution in [0.5, 0.6) is 11.5 Å². The summed E-state index contributed by atoms with van der Waals surface area (Å²) in [6.45, 7) is 4.29. The van der Waals surface area contributed by atoms with Gasteiger partial charge in [0.1, 0.15) is 6.61 Å². The molecule has 0 radical (unpaired) electrons. The maximum atomic E-state index is 6.09. The van der Waals surface area contributed by atoms with E-state index < -0.39 is 0 Å². The molecule has 2 aromatic carbocycles. The molecule has 1 aliphatic rings. The third-order valence-electron chi connectivity index (χ3n) is 5.27. The largest absolute Gasteiger partial charge is 0.493 e. The Morgan fingerprint density at radius 3 is 2.67 bits per heavy atom. The second-order valence-electron chi connectivity index (χ2n) is 7.24. The smallest absolute Gasteiger partial charge is 0.161 e. The minimum absolute atomic E-state index is 0. The molecule has 0 saturated carbocycles. The van der Waals surface area contributed by atoms with Crippen molar-refractivity contribution in [2.24, 2.45) is 0 Å². The first-order valence-corrected chi connectivity index (χ1v) is 10.0. The van der Waals surface area contributed by atoms with E-state index in [0.29, 0.717) is 12.6 Å². The molecule has 1 atom stereocenters. The molecule has 0 aliphatic carbocycles. The Morgan fingerprint density at radius 1 is 1.03 bits per heavy atom. The molecule has 4 rings (SSSR count). The van der Waals surface area contributed by atoms with Gasteiger partial charge in [0.25, 0.3) is 0 Å².